The van der Waals surface area contributed by atoms with Crippen LogP contribution in [-0.4, -0.2) is 66.1 Å². The molecule has 4 heterocycles. The number of aliphatic hydroxyl groups is 2. The van der Waals surface area contributed by atoms with Crippen molar-refractivity contribution < 1.29 is 28.9 Å². The van der Waals surface area contributed by atoms with Crippen molar-refractivity contribution in [3.8, 4) is 0 Å². The molecular weight excluding hydrogens is 509 g/mol. The van der Waals surface area contributed by atoms with Crippen molar-refractivity contribution in [2.24, 2.45) is 7.05 Å². The number of imidazole rings is 1. The Hall–Kier alpha value is -2.68. The number of nitrogen functional groups attached to an aromatic ring is 1. The normalized spacial score (nSPS) is 24.0. The molecule has 0 amide bonds. The highest BCUT2D eigenvalue weighted by molar-refractivity contribution is 8.08. The fraction of sp³-hybridized carbons (Fsp3) is 0.381. The van der Waals surface area contributed by atoms with E-state index >= 15 is 0 Å². The molecule has 5 rings (SSSR count). The minimum absolute atomic E-state index is 0.0972. The summed E-state index contributed by atoms with van der Waals surface area (Å²) in [7, 11) is 1.63. The number of hydrogen-bond acceptors (Lipinski definition) is 8. The molecule has 0 bridgehead atoms. The predicted octanol–water partition coefficient (Wildman–Crippen LogP) is -0.702. The van der Waals surface area contributed by atoms with Gasteiger partial charge in [0, 0.05) is 23.6 Å². The van der Waals surface area contributed by atoms with Gasteiger partial charge in [-0.05, 0) is 29.9 Å². The summed E-state index contributed by atoms with van der Waals surface area (Å²) >= 11 is 5.21. The third-order valence-electron chi connectivity index (χ3n) is 6.20. The molecular formula is C21H27N7O6PS+. The Morgan fingerprint density at radius 1 is 1.36 bits per heavy atom. The standard InChI is InChI=1S/C21H26N7O6PS/c1-27-10-28(18-15(27)19(31)26-21(22)25-18)20-17(30)16(29)14(34-20)9-33-35(32,36)24-7-6-11-8-23-13-5-3-2-4-12(11)13/h2-5,8,10,14,16-17,20,23,29-30H,6-7,9H2,1H3,(H4-,22,24,25,26,31,32,36)/p+1/t14-,16-,17-,20-,35?/m1/s1. The van der Waals surface area contributed by atoms with E-state index in [9.17, 15) is 19.9 Å². The summed E-state index contributed by atoms with van der Waals surface area (Å²) in [5.74, 6) is -0.0972. The topological polar surface area (TPSA) is 188 Å². The van der Waals surface area contributed by atoms with Crippen molar-refractivity contribution in [3.63, 3.8) is 0 Å². The maximum atomic E-state index is 12.3. The first-order valence-corrected chi connectivity index (χ1v) is 13.9. The highest BCUT2D eigenvalue weighted by atomic mass is 32.5. The van der Waals surface area contributed by atoms with Gasteiger partial charge in [-0.25, -0.2) is 9.65 Å². The largest absolute Gasteiger partial charge is 0.387 e. The average molecular weight is 537 g/mol. The minimum atomic E-state index is -3.39. The number of nitrogens with zero attached hydrogens (tertiary/aromatic N) is 3. The number of aryl methyl sites for hydroxylation is 1. The van der Waals surface area contributed by atoms with Crippen LogP contribution in [0.3, 0.4) is 0 Å². The number of fused-ring (bicyclic) bond motifs is 2. The number of anilines is 1. The van der Waals surface area contributed by atoms with Gasteiger partial charge >= 0.3 is 5.65 Å². The molecule has 36 heavy (non-hydrogen) atoms. The lowest BCUT2D eigenvalue weighted by Gasteiger charge is -2.20. The molecule has 0 spiro atoms. The lowest BCUT2D eigenvalue weighted by molar-refractivity contribution is -0.745. The van der Waals surface area contributed by atoms with Gasteiger partial charge in [0.1, 0.15) is 18.3 Å². The van der Waals surface area contributed by atoms with Crippen molar-refractivity contribution in [1.82, 2.24) is 24.6 Å². The van der Waals surface area contributed by atoms with Crippen LogP contribution < -0.4 is 20.9 Å². The molecule has 3 aromatic heterocycles. The molecule has 5 atom stereocenters. The van der Waals surface area contributed by atoms with Crippen LogP contribution in [0.1, 0.15) is 11.8 Å². The number of nitrogens with one attached hydrogen (secondary N) is 3. The van der Waals surface area contributed by atoms with Crippen molar-refractivity contribution in [3.05, 3.63) is 52.7 Å². The Kier molecular flexibility index (Phi) is 6.70. The first-order valence-electron chi connectivity index (χ1n) is 11.2. The van der Waals surface area contributed by atoms with Crippen molar-refractivity contribution in [2.75, 3.05) is 18.9 Å². The van der Waals surface area contributed by atoms with E-state index in [-0.39, 0.29) is 23.7 Å². The second kappa shape index (κ2) is 9.65. The number of benzene rings is 1. The van der Waals surface area contributed by atoms with E-state index in [1.165, 1.54) is 15.5 Å². The van der Waals surface area contributed by atoms with Crippen molar-refractivity contribution in [2.45, 2.75) is 31.0 Å². The number of rotatable bonds is 8. The van der Waals surface area contributed by atoms with E-state index < -0.39 is 36.7 Å². The van der Waals surface area contributed by atoms with Crippen LogP contribution in [0.5, 0.6) is 0 Å². The second-order valence-electron chi connectivity index (χ2n) is 8.64. The second-order valence-corrected chi connectivity index (χ2v) is 11.7. The van der Waals surface area contributed by atoms with Crippen LogP contribution in [0.4, 0.5) is 5.95 Å². The number of para-hydroxylation sites is 1. The number of nitrogens with two attached hydrogens (primary N) is 1. The fourth-order valence-corrected chi connectivity index (χ4v) is 5.73. The molecule has 15 heteroatoms. The summed E-state index contributed by atoms with van der Waals surface area (Å²) in [5, 5.41) is 25.2. The lowest BCUT2D eigenvalue weighted by Crippen LogP contribution is -2.46. The summed E-state index contributed by atoms with van der Waals surface area (Å²) in [6.07, 6.45) is -0.711. The van der Waals surface area contributed by atoms with Gasteiger partial charge in [-0.2, -0.15) is 0 Å². The Labute approximate surface area is 209 Å². The number of ether oxygens (including phenoxy) is 1. The lowest BCUT2D eigenvalue weighted by atomic mass is 10.1. The Bertz CT molecular complexity index is 1520. The summed E-state index contributed by atoms with van der Waals surface area (Å²) in [5.41, 5.74) is 7.74. The molecule has 1 aliphatic rings. The SMILES string of the molecule is Cn1c[n+]([C@@H]2O[C@H](COP(O)(=S)NCCc3c[nH]c4ccccc34)[C@@H](O)[C@H]2O)c2nc(N)[nH]c(=O)c21. The molecule has 1 unspecified atom stereocenters. The van der Waals surface area contributed by atoms with E-state index in [0.717, 1.165) is 16.5 Å². The zero-order valence-corrected chi connectivity index (χ0v) is 20.9. The van der Waals surface area contributed by atoms with Gasteiger partial charge in [-0.15, -0.1) is 0 Å². The van der Waals surface area contributed by atoms with Gasteiger partial charge < -0.3 is 35.1 Å². The van der Waals surface area contributed by atoms with Gasteiger partial charge in [0.25, 0.3) is 18.2 Å². The van der Waals surface area contributed by atoms with Gasteiger partial charge in [-0.3, -0.25) is 14.3 Å². The molecule has 8 N–H and O–H groups in total. The van der Waals surface area contributed by atoms with Crippen LogP contribution in [0, 0.1) is 0 Å². The molecule has 0 aliphatic carbocycles. The van der Waals surface area contributed by atoms with Crippen LogP contribution >= 0.6 is 6.64 Å². The highest BCUT2D eigenvalue weighted by Gasteiger charge is 2.47. The number of H-pyrrole nitrogens is 2. The van der Waals surface area contributed by atoms with Crippen LogP contribution in [0.25, 0.3) is 22.1 Å². The number of aliphatic hydroxyl groups excluding tert-OH is 2. The van der Waals surface area contributed by atoms with Gasteiger partial charge in [0.15, 0.2) is 6.33 Å². The minimum Gasteiger partial charge on any atom is -0.387 e. The third-order valence-corrected chi connectivity index (χ3v) is 8.02. The average Bonchev–Trinajstić information content (AvgIpc) is 3.47. The summed E-state index contributed by atoms with van der Waals surface area (Å²) in [6, 6.07) is 7.91. The predicted molar refractivity (Wildman–Crippen MR) is 134 cm³/mol. The molecule has 0 saturated carbocycles. The van der Waals surface area contributed by atoms with E-state index in [1.54, 1.807) is 7.05 Å². The van der Waals surface area contributed by atoms with E-state index in [2.05, 4.69) is 20.0 Å². The Balaban J connectivity index is 1.22. The molecule has 1 fully saturated rings. The quantitative estimate of drug-likeness (QED) is 0.112. The van der Waals surface area contributed by atoms with Crippen LogP contribution in [0.2, 0.25) is 0 Å². The first kappa shape index (κ1) is 25.0. The molecule has 0 radical (unpaired) electrons. The number of aromatic nitrogens is 5. The van der Waals surface area contributed by atoms with Crippen molar-refractivity contribution in [1.29, 1.82) is 0 Å². The first-order chi connectivity index (χ1) is 17.1. The maximum Gasteiger partial charge on any atom is 0.313 e. The van der Waals surface area contributed by atoms with Crippen molar-refractivity contribution >= 4 is 46.5 Å². The number of aromatic amines is 2. The number of hydrogen-bond donors (Lipinski definition) is 7. The molecule has 4 aromatic rings. The third kappa shape index (κ3) is 4.69. The van der Waals surface area contributed by atoms with E-state index in [1.807, 2.05) is 30.5 Å². The zero-order chi connectivity index (χ0) is 25.6. The summed E-state index contributed by atoms with van der Waals surface area (Å²) in [4.78, 5) is 32.6. The summed E-state index contributed by atoms with van der Waals surface area (Å²) < 4.78 is 14.3. The zero-order valence-electron chi connectivity index (χ0n) is 19.2. The van der Waals surface area contributed by atoms with E-state index in [4.69, 9.17) is 26.8 Å². The smallest absolute Gasteiger partial charge is 0.313 e. The van der Waals surface area contributed by atoms with E-state index in [0.29, 0.717) is 13.0 Å². The van der Waals surface area contributed by atoms with Crippen LogP contribution in [0.15, 0.2) is 41.6 Å². The summed E-state index contributed by atoms with van der Waals surface area (Å²) in [6.45, 7) is -3.28. The fourth-order valence-electron chi connectivity index (χ4n) is 4.44. The maximum absolute atomic E-state index is 12.3. The molecule has 13 nitrogen and oxygen atoms in total. The molecule has 192 valence electrons. The Morgan fingerprint density at radius 2 is 2.14 bits per heavy atom. The monoisotopic (exact) mass is 536 g/mol. The molecule has 1 aliphatic heterocycles. The van der Waals surface area contributed by atoms with Gasteiger partial charge in [0.05, 0.1) is 13.7 Å². The molecule has 1 saturated heterocycles. The molecule has 1 aromatic carbocycles. The van der Waals surface area contributed by atoms with Crippen LogP contribution in [-0.2, 0) is 34.5 Å². The van der Waals surface area contributed by atoms with Gasteiger partial charge in [0.2, 0.25) is 11.7 Å². The highest BCUT2D eigenvalue weighted by Crippen LogP contribution is 2.39. The Morgan fingerprint density at radius 3 is 2.94 bits per heavy atom. The van der Waals surface area contributed by atoms with Gasteiger partial charge in [-0.1, -0.05) is 23.2 Å².